The number of Topliss-reactive ketones (excluding diaryl/α,β-unsaturated/α-hetero) is 1. The highest BCUT2D eigenvalue weighted by atomic mass is 16.5. The smallest absolute Gasteiger partial charge is 0.336 e. The Kier molecular flexibility index (Phi) is 3.79. The number of allylic oxidation sites excluding steroid dienone is 3. The number of hydrogen-bond donors (Lipinski definition) is 1. The number of methoxy groups -OCH3 is 1. The van der Waals surface area contributed by atoms with Gasteiger partial charge in [-0.15, -0.1) is 0 Å². The van der Waals surface area contributed by atoms with E-state index in [-0.39, 0.29) is 5.78 Å². The molecule has 114 valence electrons. The molecule has 22 heavy (non-hydrogen) atoms. The standard InChI is InChI=1S/C17H18N2O3/c1-10-14(17(21)22-2)15(11-5-4-8-18-9-11)16-12(19-10)6-3-7-13(16)20/h4-5,8-9,15,19H,3,6-7H2,1-2H3/t15-/m1/s1. The van der Waals surface area contributed by atoms with E-state index in [1.54, 1.807) is 12.4 Å². The summed E-state index contributed by atoms with van der Waals surface area (Å²) in [5.41, 5.74) is 3.69. The zero-order valence-electron chi connectivity index (χ0n) is 12.7. The number of dihydropyridines is 1. The summed E-state index contributed by atoms with van der Waals surface area (Å²) in [6.45, 7) is 1.85. The predicted octanol–water partition coefficient (Wildman–Crippen LogP) is 2.22. The van der Waals surface area contributed by atoms with Crippen LogP contribution >= 0.6 is 0 Å². The van der Waals surface area contributed by atoms with E-state index in [4.69, 9.17) is 4.74 Å². The van der Waals surface area contributed by atoms with Crippen molar-refractivity contribution in [3.63, 3.8) is 0 Å². The molecule has 1 N–H and O–H groups in total. The molecular weight excluding hydrogens is 280 g/mol. The van der Waals surface area contributed by atoms with Gasteiger partial charge in [0, 0.05) is 41.7 Å². The van der Waals surface area contributed by atoms with Crippen molar-refractivity contribution in [2.75, 3.05) is 7.11 Å². The number of hydrogen-bond acceptors (Lipinski definition) is 5. The normalized spacial score (nSPS) is 21.4. The van der Waals surface area contributed by atoms with Gasteiger partial charge in [0.15, 0.2) is 5.78 Å². The topological polar surface area (TPSA) is 68.3 Å². The average Bonchev–Trinajstić information content (AvgIpc) is 2.54. The van der Waals surface area contributed by atoms with Crippen LogP contribution in [0.3, 0.4) is 0 Å². The van der Waals surface area contributed by atoms with Crippen molar-refractivity contribution in [3.8, 4) is 0 Å². The summed E-state index contributed by atoms with van der Waals surface area (Å²) in [6, 6.07) is 3.71. The molecule has 5 nitrogen and oxygen atoms in total. The van der Waals surface area contributed by atoms with Gasteiger partial charge in [-0.3, -0.25) is 9.78 Å². The second-order valence-electron chi connectivity index (χ2n) is 5.54. The van der Waals surface area contributed by atoms with Crippen LogP contribution in [0.5, 0.6) is 0 Å². The molecule has 0 bridgehead atoms. The lowest BCUT2D eigenvalue weighted by Gasteiger charge is -2.33. The van der Waals surface area contributed by atoms with Gasteiger partial charge in [0.25, 0.3) is 0 Å². The molecule has 3 rings (SSSR count). The van der Waals surface area contributed by atoms with Crippen LogP contribution in [0.1, 0.15) is 37.7 Å². The SMILES string of the molecule is COC(=O)C1=C(C)NC2=C(C(=O)CCC2)[C@@H]1c1cccnc1. The Bertz CT molecular complexity index is 689. The molecule has 0 spiro atoms. The Labute approximate surface area is 129 Å². The lowest BCUT2D eigenvalue weighted by Crippen LogP contribution is -2.34. The minimum atomic E-state index is -0.413. The Morgan fingerprint density at radius 2 is 2.23 bits per heavy atom. The highest BCUT2D eigenvalue weighted by Crippen LogP contribution is 2.42. The Morgan fingerprint density at radius 3 is 2.91 bits per heavy atom. The van der Waals surface area contributed by atoms with Crippen LogP contribution in [0.15, 0.2) is 47.1 Å². The van der Waals surface area contributed by atoms with Crippen LogP contribution in [-0.4, -0.2) is 23.8 Å². The molecule has 0 amide bonds. The first kappa shape index (κ1) is 14.5. The lowest BCUT2D eigenvalue weighted by molar-refractivity contribution is -0.136. The van der Waals surface area contributed by atoms with Crippen molar-refractivity contribution in [1.29, 1.82) is 0 Å². The largest absolute Gasteiger partial charge is 0.466 e. The summed E-state index contributed by atoms with van der Waals surface area (Å²) < 4.78 is 4.94. The summed E-state index contributed by atoms with van der Waals surface area (Å²) in [5, 5.41) is 3.23. The van der Waals surface area contributed by atoms with Gasteiger partial charge < -0.3 is 10.1 Å². The number of ether oxygens (including phenoxy) is 1. The molecule has 2 heterocycles. The fraction of sp³-hybridized carbons (Fsp3) is 0.353. The maximum absolute atomic E-state index is 12.5. The number of pyridine rings is 1. The number of rotatable bonds is 2. The molecule has 1 atom stereocenters. The van der Waals surface area contributed by atoms with E-state index in [0.717, 1.165) is 29.8 Å². The summed E-state index contributed by atoms with van der Waals surface area (Å²) in [4.78, 5) is 28.9. The van der Waals surface area contributed by atoms with Gasteiger partial charge in [-0.25, -0.2) is 4.79 Å². The van der Waals surface area contributed by atoms with Crippen LogP contribution in [-0.2, 0) is 14.3 Å². The van der Waals surface area contributed by atoms with Gasteiger partial charge >= 0.3 is 5.97 Å². The van der Waals surface area contributed by atoms with E-state index >= 15 is 0 Å². The Balaban J connectivity index is 2.18. The molecule has 0 radical (unpaired) electrons. The van der Waals surface area contributed by atoms with E-state index in [9.17, 15) is 9.59 Å². The number of carbonyl (C=O) groups excluding carboxylic acids is 2. The monoisotopic (exact) mass is 298 g/mol. The number of ketones is 1. The summed E-state index contributed by atoms with van der Waals surface area (Å²) >= 11 is 0. The first-order valence-corrected chi connectivity index (χ1v) is 7.35. The molecular formula is C17H18N2O3. The van der Waals surface area contributed by atoms with Crippen LogP contribution in [0.4, 0.5) is 0 Å². The lowest BCUT2D eigenvalue weighted by atomic mass is 9.75. The van der Waals surface area contributed by atoms with E-state index in [2.05, 4.69) is 10.3 Å². The fourth-order valence-corrected chi connectivity index (χ4v) is 3.24. The maximum atomic E-state index is 12.5. The molecule has 1 aliphatic carbocycles. The fourth-order valence-electron chi connectivity index (χ4n) is 3.24. The second-order valence-corrected chi connectivity index (χ2v) is 5.54. The molecule has 2 aliphatic rings. The molecule has 0 fully saturated rings. The maximum Gasteiger partial charge on any atom is 0.336 e. The van der Waals surface area contributed by atoms with Crippen molar-refractivity contribution >= 4 is 11.8 Å². The van der Waals surface area contributed by atoms with E-state index in [0.29, 0.717) is 17.6 Å². The van der Waals surface area contributed by atoms with Crippen LogP contribution < -0.4 is 5.32 Å². The third kappa shape index (κ3) is 2.32. The highest BCUT2D eigenvalue weighted by Gasteiger charge is 2.38. The zero-order valence-corrected chi connectivity index (χ0v) is 12.7. The minimum Gasteiger partial charge on any atom is -0.466 e. The van der Waals surface area contributed by atoms with Crippen LogP contribution in [0, 0.1) is 0 Å². The van der Waals surface area contributed by atoms with Crippen LogP contribution in [0.25, 0.3) is 0 Å². The number of esters is 1. The van der Waals surface area contributed by atoms with Gasteiger partial charge in [0.2, 0.25) is 0 Å². The van der Waals surface area contributed by atoms with Crippen LogP contribution in [0.2, 0.25) is 0 Å². The number of aromatic nitrogens is 1. The van der Waals surface area contributed by atoms with E-state index in [1.165, 1.54) is 7.11 Å². The Morgan fingerprint density at radius 1 is 1.41 bits per heavy atom. The third-order valence-corrected chi connectivity index (χ3v) is 4.20. The van der Waals surface area contributed by atoms with Gasteiger partial charge in [0.05, 0.1) is 12.7 Å². The first-order chi connectivity index (χ1) is 10.6. The van der Waals surface area contributed by atoms with Gasteiger partial charge in [-0.1, -0.05) is 6.07 Å². The molecule has 0 saturated carbocycles. The first-order valence-electron chi connectivity index (χ1n) is 7.35. The zero-order chi connectivity index (χ0) is 15.7. The highest BCUT2D eigenvalue weighted by molar-refractivity contribution is 6.03. The molecule has 0 aromatic carbocycles. The number of carbonyl (C=O) groups is 2. The minimum absolute atomic E-state index is 0.0940. The van der Waals surface area contributed by atoms with Crippen molar-refractivity contribution < 1.29 is 14.3 Å². The van der Waals surface area contributed by atoms with Gasteiger partial charge in [0.1, 0.15) is 0 Å². The van der Waals surface area contributed by atoms with E-state index in [1.807, 2.05) is 19.1 Å². The quantitative estimate of drug-likeness (QED) is 0.848. The molecule has 5 heteroatoms. The molecule has 0 saturated heterocycles. The van der Waals surface area contributed by atoms with E-state index < -0.39 is 11.9 Å². The van der Waals surface area contributed by atoms with Crippen molar-refractivity contribution in [1.82, 2.24) is 10.3 Å². The van der Waals surface area contributed by atoms with Gasteiger partial charge in [-0.05, 0) is 31.4 Å². The Hall–Kier alpha value is -2.43. The van der Waals surface area contributed by atoms with Crippen molar-refractivity contribution in [2.24, 2.45) is 0 Å². The van der Waals surface area contributed by atoms with Crippen molar-refractivity contribution in [2.45, 2.75) is 32.1 Å². The molecule has 1 aromatic heterocycles. The summed E-state index contributed by atoms with van der Waals surface area (Å²) in [6.07, 6.45) is 5.56. The summed E-state index contributed by atoms with van der Waals surface area (Å²) in [7, 11) is 1.36. The van der Waals surface area contributed by atoms with Crippen molar-refractivity contribution in [3.05, 3.63) is 52.6 Å². The molecule has 0 unspecified atom stereocenters. The van der Waals surface area contributed by atoms with Gasteiger partial charge in [-0.2, -0.15) is 0 Å². The molecule has 1 aliphatic heterocycles. The summed E-state index contributed by atoms with van der Waals surface area (Å²) in [5.74, 6) is -0.717. The number of nitrogens with one attached hydrogen (secondary N) is 1. The average molecular weight is 298 g/mol. The molecule has 1 aromatic rings. The third-order valence-electron chi connectivity index (χ3n) is 4.20. The second kappa shape index (κ2) is 5.75. The number of nitrogens with zero attached hydrogens (tertiary/aromatic N) is 1. The predicted molar refractivity (Wildman–Crippen MR) is 80.7 cm³/mol.